The van der Waals surface area contributed by atoms with Crippen molar-refractivity contribution < 1.29 is 13.5 Å². The quantitative estimate of drug-likeness (QED) is 0.314. The van der Waals surface area contributed by atoms with Gasteiger partial charge in [0.2, 0.25) is 5.82 Å². The van der Waals surface area contributed by atoms with E-state index in [9.17, 15) is 8.78 Å². The summed E-state index contributed by atoms with van der Waals surface area (Å²) < 4.78 is 33.3. The second-order valence-corrected chi connectivity index (χ2v) is 8.55. The molecule has 0 heterocycles. The van der Waals surface area contributed by atoms with Gasteiger partial charge in [0, 0.05) is 0 Å². The van der Waals surface area contributed by atoms with Crippen molar-refractivity contribution in [1.29, 1.82) is 0 Å². The Kier molecular flexibility index (Phi) is 15.1. The Balaban J connectivity index is 0.00000379. The van der Waals surface area contributed by atoms with Crippen LogP contribution in [0.2, 0.25) is 0 Å². The van der Waals surface area contributed by atoms with Crippen LogP contribution in [-0.2, 0) is 6.42 Å². The fourth-order valence-electron chi connectivity index (χ4n) is 3.45. The number of halogens is 2. The summed E-state index contributed by atoms with van der Waals surface area (Å²) in [6, 6.07) is 3.21. The van der Waals surface area contributed by atoms with Gasteiger partial charge in [-0.2, -0.15) is 4.39 Å². The summed E-state index contributed by atoms with van der Waals surface area (Å²) in [5, 5.41) is 0. The molecule has 0 N–H and O–H groups in total. The van der Waals surface area contributed by atoms with E-state index in [0.717, 1.165) is 30.6 Å². The highest BCUT2D eigenvalue weighted by Gasteiger charge is 2.17. The van der Waals surface area contributed by atoms with E-state index < -0.39 is 11.6 Å². The lowest BCUT2D eigenvalue weighted by Gasteiger charge is -2.23. The molecule has 1 rings (SSSR count). The van der Waals surface area contributed by atoms with E-state index in [1.807, 2.05) is 13.8 Å². The minimum Gasteiger partial charge on any atom is -0.491 e. The zero-order chi connectivity index (χ0) is 22.4. The van der Waals surface area contributed by atoms with Crippen molar-refractivity contribution in [2.75, 3.05) is 6.61 Å². The third kappa shape index (κ3) is 10.5. The molecule has 0 saturated heterocycles. The van der Waals surface area contributed by atoms with Gasteiger partial charge in [-0.1, -0.05) is 86.6 Å². The monoisotopic (exact) mass is 412 g/mol. The van der Waals surface area contributed by atoms with Gasteiger partial charge in [-0.25, -0.2) is 4.39 Å². The van der Waals surface area contributed by atoms with Crippen molar-refractivity contribution in [3.05, 3.63) is 29.3 Å². The van der Waals surface area contributed by atoms with E-state index >= 15 is 0 Å². The molecule has 0 aliphatic rings. The van der Waals surface area contributed by atoms with Gasteiger partial charge in [0.1, 0.15) is 0 Å². The molecule has 0 amide bonds. The molecule has 1 nitrogen and oxygen atoms in total. The molecular formula is C26H46F2O. The van der Waals surface area contributed by atoms with Crippen LogP contribution < -0.4 is 4.74 Å². The Bertz CT molecular complexity index is 544. The molecule has 0 spiro atoms. The number of ether oxygens (including phenoxy) is 1. The molecule has 0 aromatic heterocycles. The van der Waals surface area contributed by atoms with E-state index in [4.69, 9.17) is 4.74 Å². The molecule has 29 heavy (non-hydrogen) atoms. The molecule has 0 radical (unpaired) electrons. The minimum absolute atomic E-state index is 0.00648. The maximum Gasteiger partial charge on any atom is 0.200 e. The number of hydrogen-bond donors (Lipinski definition) is 0. The normalized spacial score (nSPS) is 15.1. The van der Waals surface area contributed by atoms with Crippen LogP contribution in [0.3, 0.4) is 0 Å². The smallest absolute Gasteiger partial charge is 0.200 e. The molecular weight excluding hydrogens is 366 g/mol. The van der Waals surface area contributed by atoms with Gasteiger partial charge in [-0.3, -0.25) is 0 Å². The Morgan fingerprint density at radius 3 is 1.83 bits per heavy atom. The van der Waals surface area contributed by atoms with Crippen molar-refractivity contribution in [1.82, 2.24) is 0 Å². The number of benzene rings is 1. The summed E-state index contributed by atoms with van der Waals surface area (Å²) in [5.74, 6) is 1.21. The van der Waals surface area contributed by atoms with Crippen molar-refractivity contribution >= 4 is 0 Å². The highest BCUT2D eigenvalue weighted by atomic mass is 19.2. The number of hydrogen-bond acceptors (Lipinski definition) is 1. The van der Waals surface area contributed by atoms with Gasteiger partial charge >= 0.3 is 0 Å². The topological polar surface area (TPSA) is 9.23 Å². The van der Waals surface area contributed by atoms with Gasteiger partial charge < -0.3 is 4.74 Å². The van der Waals surface area contributed by atoms with Crippen molar-refractivity contribution in [2.24, 2.45) is 23.7 Å². The van der Waals surface area contributed by atoms with Crippen molar-refractivity contribution in [3.63, 3.8) is 0 Å². The summed E-state index contributed by atoms with van der Waals surface area (Å²) >= 11 is 0. The molecule has 4 unspecified atom stereocenters. The average molecular weight is 413 g/mol. The molecule has 3 heteroatoms. The van der Waals surface area contributed by atoms with Crippen LogP contribution in [0.1, 0.15) is 99.5 Å². The van der Waals surface area contributed by atoms with Gasteiger partial charge in [0.05, 0.1) is 6.61 Å². The largest absolute Gasteiger partial charge is 0.491 e. The maximum atomic E-state index is 14.2. The summed E-state index contributed by atoms with van der Waals surface area (Å²) in [6.07, 6.45) is 7.72. The predicted octanol–water partition coefficient (Wildman–Crippen LogP) is 8.84. The summed E-state index contributed by atoms with van der Waals surface area (Å²) in [4.78, 5) is 0. The standard InChI is InChI=1S/C24H40F2O.C2H6/c1-7-17(3)9-12-19(5)20(6)13-10-18(4)11-14-21-15-16-22(27-8-2)24(26)23(21)25;1-2/h15-20H,7-14H2,1-6H3;1-2H3. The van der Waals surface area contributed by atoms with E-state index in [1.165, 1.54) is 25.7 Å². The number of aryl methyl sites for hydroxylation is 1. The SMILES string of the molecule is CC.CCOc1ccc(CCC(C)CCC(C)C(C)CCC(C)CC)c(F)c1F. The predicted molar refractivity (Wildman–Crippen MR) is 123 cm³/mol. The first-order valence-corrected chi connectivity index (χ1v) is 11.9. The summed E-state index contributed by atoms with van der Waals surface area (Å²) in [5.41, 5.74) is 0.456. The van der Waals surface area contributed by atoms with Gasteiger partial charge in [-0.15, -0.1) is 0 Å². The molecule has 4 atom stereocenters. The second-order valence-electron chi connectivity index (χ2n) is 8.55. The minimum atomic E-state index is -0.856. The van der Waals surface area contributed by atoms with Crippen LogP contribution in [0.25, 0.3) is 0 Å². The van der Waals surface area contributed by atoms with Crippen LogP contribution in [0.15, 0.2) is 12.1 Å². The van der Waals surface area contributed by atoms with Crippen LogP contribution >= 0.6 is 0 Å². The summed E-state index contributed by atoms with van der Waals surface area (Å²) in [7, 11) is 0. The lowest BCUT2D eigenvalue weighted by atomic mass is 9.83. The first-order chi connectivity index (χ1) is 13.8. The first kappa shape index (κ1) is 27.9. The Morgan fingerprint density at radius 1 is 0.759 bits per heavy atom. The van der Waals surface area contributed by atoms with Gasteiger partial charge in [0.25, 0.3) is 0 Å². The zero-order valence-corrected chi connectivity index (χ0v) is 20.3. The Hall–Kier alpha value is -1.12. The zero-order valence-electron chi connectivity index (χ0n) is 20.3. The lowest BCUT2D eigenvalue weighted by molar-refractivity contribution is 0.291. The lowest BCUT2D eigenvalue weighted by Crippen LogP contribution is -2.11. The summed E-state index contributed by atoms with van der Waals surface area (Å²) in [6.45, 7) is 17.6. The van der Waals surface area contributed by atoms with E-state index in [1.54, 1.807) is 19.1 Å². The molecule has 170 valence electrons. The van der Waals surface area contributed by atoms with E-state index in [0.29, 0.717) is 24.5 Å². The maximum absolute atomic E-state index is 14.2. The Morgan fingerprint density at radius 2 is 1.31 bits per heavy atom. The molecule has 1 aromatic rings. The van der Waals surface area contributed by atoms with Gasteiger partial charge in [0.15, 0.2) is 11.6 Å². The number of rotatable bonds is 13. The van der Waals surface area contributed by atoms with Crippen LogP contribution in [0.4, 0.5) is 8.78 Å². The van der Waals surface area contributed by atoms with E-state index in [2.05, 4.69) is 34.6 Å². The fraction of sp³-hybridized carbons (Fsp3) is 0.769. The first-order valence-electron chi connectivity index (χ1n) is 11.9. The van der Waals surface area contributed by atoms with E-state index in [-0.39, 0.29) is 5.75 Å². The Labute approximate surface area is 179 Å². The van der Waals surface area contributed by atoms with Crippen molar-refractivity contribution in [3.8, 4) is 5.75 Å². The third-order valence-electron chi connectivity index (χ3n) is 6.23. The molecule has 0 aliphatic heterocycles. The third-order valence-corrected chi connectivity index (χ3v) is 6.23. The van der Waals surface area contributed by atoms with Crippen molar-refractivity contribution in [2.45, 2.75) is 100 Å². The molecule has 0 fully saturated rings. The van der Waals surface area contributed by atoms with Gasteiger partial charge in [-0.05, 0) is 55.1 Å². The fourth-order valence-corrected chi connectivity index (χ4v) is 3.45. The van der Waals surface area contributed by atoms with Crippen LogP contribution in [0.5, 0.6) is 5.75 Å². The second kappa shape index (κ2) is 15.7. The molecule has 0 saturated carbocycles. The molecule has 1 aromatic carbocycles. The highest BCUT2D eigenvalue weighted by Crippen LogP contribution is 2.28. The average Bonchev–Trinajstić information content (AvgIpc) is 2.74. The highest BCUT2D eigenvalue weighted by molar-refractivity contribution is 5.31. The molecule has 0 bridgehead atoms. The van der Waals surface area contributed by atoms with Crippen LogP contribution in [0, 0.1) is 35.3 Å². The molecule has 0 aliphatic carbocycles. The van der Waals surface area contributed by atoms with Crippen LogP contribution in [-0.4, -0.2) is 6.61 Å².